The summed E-state index contributed by atoms with van der Waals surface area (Å²) >= 11 is 0. The maximum absolute atomic E-state index is 13.4. The molecular formula is C26H33N5O2. The van der Waals surface area contributed by atoms with Crippen LogP contribution in [0.2, 0.25) is 0 Å². The van der Waals surface area contributed by atoms with Crippen molar-refractivity contribution in [3.05, 3.63) is 47.0 Å². The van der Waals surface area contributed by atoms with Gasteiger partial charge in [0, 0.05) is 49.4 Å². The standard InChI is InChI=1S/C26H33N5O2/c32-24(28-15-19-6-2-5-12-27-19)23-20-17-30(13-9-22(20)31(29-23)16-18-7-8-18)25(33)21-14-26(21)10-3-1-4-11-26/h2,5-6,12,18,21H,1,3-4,7-11,13-17H2,(H,28,32). The van der Waals surface area contributed by atoms with Crippen molar-refractivity contribution in [3.63, 3.8) is 0 Å². The third kappa shape index (κ3) is 4.06. The third-order valence-corrected chi connectivity index (χ3v) is 8.28. The van der Waals surface area contributed by atoms with Gasteiger partial charge in [-0.1, -0.05) is 25.3 Å². The average Bonchev–Trinajstić information content (AvgIpc) is 3.76. The second-order valence-corrected chi connectivity index (χ2v) is 10.6. The van der Waals surface area contributed by atoms with Gasteiger partial charge in [0.2, 0.25) is 5.91 Å². The molecule has 1 unspecified atom stereocenters. The number of carbonyl (C=O) groups excluding carboxylic acids is 2. The van der Waals surface area contributed by atoms with E-state index in [0.29, 0.717) is 30.6 Å². The number of rotatable bonds is 6. The lowest BCUT2D eigenvalue weighted by molar-refractivity contribution is -0.134. The lowest BCUT2D eigenvalue weighted by atomic mass is 9.84. The molecule has 2 aromatic heterocycles. The highest BCUT2D eigenvalue weighted by atomic mass is 16.2. The lowest BCUT2D eigenvalue weighted by Crippen LogP contribution is -2.39. The van der Waals surface area contributed by atoms with Crippen LogP contribution in [0.3, 0.4) is 0 Å². The van der Waals surface area contributed by atoms with Gasteiger partial charge in [-0.25, -0.2) is 0 Å². The van der Waals surface area contributed by atoms with Crippen molar-refractivity contribution < 1.29 is 9.59 Å². The van der Waals surface area contributed by atoms with Crippen molar-refractivity contribution in [1.29, 1.82) is 0 Å². The minimum absolute atomic E-state index is 0.170. The van der Waals surface area contributed by atoms with Crippen LogP contribution in [0.25, 0.3) is 0 Å². The largest absolute Gasteiger partial charge is 0.345 e. The Bertz CT molecular complexity index is 1050. The van der Waals surface area contributed by atoms with Crippen molar-refractivity contribution in [2.75, 3.05) is 6.54 Å². The van der Waals surface area contributed by atoms with Gasteiger partial charge in [-0.05, 0) is 55.6 Å². The Balaban J connectivity index is 1.20. The molecule has 0 aromatic carbocycles. The van der Waals surface area contributed by atoms with Crippen molar-refractivity contribution >= 4 is 11.8 Å². The Morgan fingerprint density at radius 2 is 2.00 bits per heavy atom. The number of hydrogen-bond acceptors (Lipinski definition) is 4. The van der Waals surface area contributed by atoms with Gasteiger partial charge in [-0.15, -0.1) is 0 Å². The Labute approximate surface area is 194 Å². The number of nitrogens with zero attached hydrogens (tertiary/aromatic N) is 4. The second-order valence-electron chi connectivity index (χ2n) is 10.6. The van der Waals surface area contributed by atoms with E-state index in [1.807, 2.05) is 23.1 Å². The molecule has 0 saturated heterocycles. The fourth-order valence-corrected chi connectivity index (χ4v) is 6.04. The quantitative estimate of drug-likeness (QED) is 0.735. The number of hydrogen-bond donors (Lipinski definition) is 1. The predicted molar refractivity (Wildman–Crippen MR) is 123 cm³/mol. The maximum atomic E-state index is 13.4. The zero-order chi connectivity index (χ0) is 22.4. The van der Waals surface area contributed by atoms with Crippen molar-refractivity contribution in [1.82, 2.24) is 25.0 Å². The minimum Gasteiger partial charge on any atom is -0.345 e. The van der Waals surface area contributed by atoms with Gasteiger partial charge in [0.15, 0.2) is 5.69 Å². The highest BCUT2D eigenvalue weighted by Gasteiger charge is 2.58. The highest BCUT2D eigenvalue weighted by Crippen LogP contribution is 2.62. The number of carbonyl (C=O) groups is 2. The molecule has 3 fully saturated rings. The van der Waals surface area contributed by atoms with Crippen LogP contribution < -0.4 is 5.32 Å². The topological polar surface area (TPSA) is 80.1 Å². The minimum atomic E-state index is -0.170. The molecule has 1 spiro atoms. The molecule has 0 radical (unpaired) electrons. The van der Waals surface area contributed by atoms with Gasteiger partial charge < -0.3 is 10.2 Å². The Morgan fingerprint density at radius 3 is 2.76 bits per heavy atom. The Morgan fingerprint density at radius 1 is 1.15 bits per heavy atom. The Hall–Kier alpha value is -2.70. The first-order valence-electron chi connectivity index (χ1n) is 12.7. The van der Waals surface area contributed by atoms with Gasteiger partial charge in [-0.2, -0.15) is 5.10 Å². The van der Waals surface area contributed by atoms with Crippen LogP contribution in [0, 0.1) is 17.3 Å². The molecule has 1 aliphatic heterocycles. The number of fused-ring (bicyclic) bond motifs is 1. The molecule has 4 aliphatic rings. The zero-order valence-corrected chi connectivity index (χ0v) is 19.3. The lowest BCUT2D eigenvalue weighted by Gasteiger charge is -2.30. The van der Waals surface area contributed by atoms with Gasteiger partial charge in [0.1, 0.15) is 0 Å². The summed E-state index contributed by atoms with van der Waals surface area (Å²) in [7, 11) is 0. The maximum Gasteiger partial charge on any atom is 0.272 e. The van der Waals surface area contributed by atoms with E-state index in [9.17, 15) is 9.59 Å². The van der Waals surface area contributed by atoms with E-state index in [4.69, 9.17) is 5.10 Å². The van der Waals surface area contributed by atoms with Crippen LogP contribution in [-0.4, -0.2) is 38.0 Å². The molecular weight excluding hydrogens is 414 g/mol. The van der Waals surface area contributed by atoms with Gasteiger partial charge in [-0.3, -0.25) is 19.3 Å². The summed E-state index contributed by atoms with van der Waals surface area (Å²) in [5.74, 6) is 1.01. The molecule has 33 heavy (non-hydrogen) atoms. The van der Waals surface area contributed by atoms with E-state index in [1.165, 1.54) is 44.9 Å². The van der Waals surface area contributed by atoms with E-state index in [1.54, 1.807) is 6.20 Å². The number of aromatic nitrogens is 3. The van der Waals surface area contributed by atoms with Gasteiger partial charge in [0.25, 0.3) is 5.91 Å². The Kier molecular flexibility index (Phi) is 5.23. The molecule has 3 saturated carbocycles. The smallest absolute Gasteiger partial charge is 0.272 e. The first kappa shape index (κ1) is 20.9. The number of pyridine rings is 1. The number of amides is 2. The van der Waals surface area contributed by atoms with Gasteiger partial charge in [0.05, 0.1) is 12.2 Å². The summed E-state index contributed by atoms with van der Waals surface area (Å²) in [5, 5.41) is 7.76. The van der Waals surface area contributed by atoms with Crippen LogP contribution in [-0.2, 0) is 30.8 Å². The normalized spacial score (nSPS) is 23.3. The van der Waals surface area contributed by atoms with E-state index in [0.717, 1.165) is 42.9 Å². The van der Waals surface area contributed by atoms with E-state index in [2.05, 4.69) is 15.0 Å². The molecule has 0 bridgehead atoms. The summed E-state index contributed by atoms with van der Waals surface area (Å²) in [6, 6.07) is 5.68. The zero-order valence-electron chi connectivity index (χ0n) is 19.3. The fourth-order valence-electron chi connectivity index (χ4n) is 6.04. The second kappa shape index (κ2) is 8.26. The summed E-state index contributed by atoms with van der Waals surface area (Å²) < 4.78 is 2.06. The third-order valence-electron chi connectivity index (χ3n) is 8.28. The summed E-state index contributed by atoms with van der Waals surface area (Å²) in [6.45, 7) is 2.51. The average molecular weight is 448 g/mol. The first-order valence-corrected chi connectivity index (χ1v) is 12.7. The van der Waals surface area contributed by atoms with Crippen LogP contribution in [0.5, 0.6) is 0 Å². The van der Waals surface area contributed by atoms with Crippen molar-refractivity contribution in [2.45, 2.75) is 77.4 Å². The molecule has 6 rings (SSSR count). The van der Waals surface area contributed by atoms with E-state index < -0.39 is 0 Å². The summed E-state index contributed by atoms with van der Waals surface area (Å²) in [6.07, 6.45) is 12.3. The van der Waals surface area contributed by atoms with E-state index >= 15 is 0 Å². The van der Waals surface area contributed by atoms with Crippen molar-refractivity contribution in [2.24, 2.45) is 17.3 Å². The van der Waals surface area contributed by atoms with Gasteiger partial charge >= 0.3 is 0 Å². The molecule has 3 aliphatic carbocycles. The SMILES string of the molecule is O=C(NCc1ccccn1)c1nn(CC2CC2)c2c1CN(C(=O)C1CC13CCCCC3)CC2. The molecule has 2 aromatic rings. The first-order chi connectivity index (χ1) is 16.1. The van der Waals surface area contributed by atoms with Crippen LogP contribution in [0.4, 0.5) is 0 Å². The summed E-state index contributed by atoms with van der Waals surface area (Å²) in [5.41, 5.74) is 3.70. The number of nitrogens with one attached hydrogen (secondary N) is 1. The molecule has 1 atom stereocenters. The molecule has 2 amide bonds. The monoisotopic (exact) mass is 447 g/mol. The predicted octanol–water partition coefficient (Wildman–Crippen LogP) is 3.47. The molecule has 174 valence electrons. The highest BCUT2D eigenvalue weighted by molar-refractivity contribution is 5.94. The summed E-state index contributed by atoms with van der Waals surface area (Å²) in [4.78, 5) is 32.9. The molecule has 1 N–H and O–H groups in total. The molecule has 7 nitrogen and oxygen atoms in total. The van der Waals surface area contributed by atoms with Crippen LogP contribution >= 0.6 is 0 Å². The fraction of sp³-hybridized carbons (Fsp3) is 0.615. The van der Waals surface area contributed by atoms with Crippen LogP contribution in [0.1, 0.15) is 78.8 Å². The molecule has 3 heterocycles. The molecule has 7 heteroatoms. The van der Waals surface area contributed by atoms with Crippen LogP contribution in [0.15, 0.2) is 24.4 Å². The van der Waals surface area contributed by atoms with E-state index in [-0.39, 0.29) is 17.2 Å². The van der Waals surface area contributed by atoms with Crippen molar-refractivity contribution in [3.8, 4) is 0 Å².